The molecule has 0 saturated carbocycles. The van der Waals surface area contributed by atoms with Crippen LogP contribution in [0.3, 0.4) is 0 Å². The molecule has 0 aromatic heterocycles. The van der Waals surface area contributed by atoms with Crippen molar-refractivity contribution in [1.82, 2.24) is 0 Å². The minimum absolute atomic E-state index is 0.272. The summed E-state index contributed by atoms with van der Waals surface area (Å²) in [5, 5.41) is 0. The fourth-order valence-electron chi connectivity index (χ4n) is 1.88. The molecule has 14 heavy (non-hydrogen) atoms. The lowest BCUT2D eigenvalue weighted by Crippen LogP contribution is -2.10. The van der Waals surface area contributed by atoms with Crippen molar-refractivity contribution in [2.75, 3.05) is 6.61 Å². The average Bonchev–Trinajstić information content (AvgIpc) is 2.18. The fourth-order valence-corrected chi connectivity index (χ4v) is 1.88. The van der Waals surface area contributed by atoms with Gasteiger partial charge in [0.25, 0.3) is 0 Å². The SMILES string of the molecule is CCOc1ccc2c(c1)CCCC2=O. The van der Waals surface area contributed by atoms with E-state index >= 15 is 0 Å². The molecule has 0 heterocycles. The predicted octanol–water partition coefficient (Wildman–Crippen LogP) is 2.60. The van der Waals surface area contributed by atoms with Crippen LogP contribution < -0.4 is 4.74 Å². The van der Waals surface area contributed by atoms with Gasteiger partial charge in [-0.15, -0.1) is 0 Å². The molecule has 2 heteroatoms. The van der Waals surface area contributed by atoms with Gasteiger partial charge in [0, 0.05) is 12.0 Å². The number of carbonyl (C=O) groups excluding carboxylic acids is 1. The van der Waals surface area contributed by atoms with Crippen LogP contribution in [0.25, 0.3) is 0 Å². The maximum atomic E-state index is 11.5. The van der Waals surface area contributed by atoms with Crippen LogP contribution in [-0.2, 0) is 6.42 Å². The van der Waals surface area contributed by atoms with Crippen molar-refractivity contribution in [2.24, 2.45) is 0 Å². The minimum atomic E-state index is 0.272. The van der Waals surface area contributed by atoms with Gasteiger partial charge in [-0.05, 0) is 43.5 Å². The maximum absolute atomic E-state index is 11.5. The van der Waals surface area contributed by atoms with Crippen molar-refractivity contribution >= 4 is 5.78 Å². The monoisotopic (exact) mass is 190 g/mol. The van der Waals surface area contributed by atoms with Gasteiger partial charge in [-0.1, -0.05) is 0 Å². The number of hydrogen-bond acceptors (Lipinski definition) is 2. The van der Waals surface area contributed by atoms with Crippen LogP contribution in [-0.4, -0.2) is 12.4 Å². The fraction of sp³-hybridized carbons (Fsp3) is 0.417. The molecule has 0 amide bonds. The van der Waals surface area contributed by atoms with E-state index in [2.05, 4.69) is 0 Å². The largest absolute Gasteiger partial charge is 0.494 e. The molecule has 2 nitrogen and oxygen atoms in total. The number of fused-ring (bicyclic) bond motifs is 1. The van der Waals surface area contributed by atoms with Gasteiger partial charge >= 0.3 is 0 Å². The number of benzene rings is 1. The summed E-state index contributed by atoms with van der Waals surface area (Å²) in [6.07, 6.45) is 2.67. The Kier molecular flexibility index (Phi) is 2.53. The van der Waals surface area contributed by atoms with Gasteiger partial charge in [0.15, 0.2) is 5.78 Å². The molecule has 2 rings (SSSR count). The molecule has 0 aliphatic heterocycles. The first-order chi connectivity index (χ1) is 6.81. The van der Waals surface area contributed by atoms with E-state index in [1.54, 1.807) is 0 Å². The van der Waals surface area contributed by atoms with Crippen molar-refractivity contribution in [3.63, 3.8) is 0 Å². The second kappa shape index (κ2) is 3.82. The number of hydrogen-bond donors (Lipinski definition) is 0. The number of carbonyl (C=O) groups is 1. The smallest absolute Gasteiger partial charge is 0.163 e. The molecule has 0 radical (unpaired) electrons. The van der Waals surface area contributed by atoms with Crippen LogP contribution in [0.1, 0.15) is 35.7 Å². The average molecular weight is 190 g/mol. The van der Waals surface area contributed by atoms with E-state index in [4.69, 9.17) is 4.74 Å². The molecule has 1 aromatic rings. The van der Waals surface area contributed by atoms with E-state index in [-0.39, 0.29) is 5.78 Å². The molecule has 1 aliphatic carbocycles. The van der Waals surface area contributed by atoms with Crippen LogP contribution in [0.5, 0.6) is 5.75 Å². The van der Waals surface area contributed by atoms with Crippen LogP contribution in [0.4, 0.5) is 0 Å². The third-order valence-electron chi connectivity index (χ3n) is 2.54. The first-order valence-corrected chi connectivity index (χ1v) is 5.10. The molecule has 0 atom stereocenters. The number of ketones is 1. The standard InChI is InChI=1S/C12H14O2/c1-2-14-10-6-7-11-9(8-10)4-3-5-12(11)13/h6-8H,2-5H2,1H3. The molecule has 1 aromatic carbocycles. The highest BCUT2D eigenvalue weighted by Gasteiger charge is 2.16. The Hall–Kier alpha value is -1.31. The first-order valence-electron chi connectivity index (χ1n) is 5.10. The number of rotatable bonds is 2. The summed E-state index contributed by atoms with van der Waals surface area (Å²) in [6.45, 7) is 2.64. The zero-order valence-corrected chi connectivity index (χ0v) is 8.38. The van der Waals surface area contributed by atoms with Crippen molar-refractivity contribution in [3.05, 3.63) is 29.3 Å². The van der Waals surface area contributed by atoms with Gasteiger partial charge in [0.2, 0.25) is 0 Å². The lowest BCUT2D eigenvalue weighted by atomic mass is 9.91. The Bertz CT molecular complexity index is 355. The van der Waals surface area contributed by atoms with E-state index in [0.29, 0.717) is 13.0 Å². The second-order valence-corrected chi connectivity index (χ2v) is 3.53. The third kappa shape index (κ3) is 1.65. The molecule has 0 saturated heterocycles. The highest BCUT2D eigenvalue weighted by molar-refractivity contribution is 5.98. The van der Waals surface area contributed by atoms with Gasteiger partial charge in [-0.25, -0.2) is 0 Å². The summed E-state index contributed by atoms with van der Waals surface area (Å²) in [6, 6.07) is 5.77. The topological polar surface area (TPSA) is 26.3 Å². The molecule has 74 valence electrons. The lowest BCUT2D eigenvalue weighted by Gasteiger charge is -2.15. The molecule has 1 aliphatic rings. The van der Waals surface area contributed by atoms with Crippen molar-refractivity contribution in [3.8, 4) is 5.75 Å². The van der Waals surface area contributed by atoms with Gasteiger partial charge in [-0.3, -0.25) is 4.79 Å². The van der Waals surface area contributed by atoms with Crippen LogP contribution in [0, 0.1) is 0 Å². The third-order valence-corrected chi connectivity index (χ3v) is 2.54. The summed E-state index contributed by atoms with van der Waals surface area (Å²) in [4.78, 5) is 11.5. The van der Waals surface area contributed by atoms with Crippen LogP contribution >= 0.6 is 0 Å². The normalized spacial score (nSPS) is 15.1. The van der Waals surface area contributed by atoms with Gasteiger partial charge in [0.05, 0.1) is 6.61 Å². The quantitative estimate of drug-likeness (QED) is 0.716. The van der Waals surface area contributed by atoms with Crippen molar-refractivity contribution < 1.29 is 9.53 Å². The Morgan fingerprint density at radius 3 is 3.00 bits per heavy atom. The summed E-state index contributed by atoms with van der Waals surface area (Å²) in [7, 11) is 0. The lowest BCUT2D eigenvalue weighted by molar-refractivity contribution is 0.0972. The Labute approximate surface area is 83.9 Å². The highest BCUT2D eigenvalue weighted by Crippen LogP contribution is 2.25. The molecule has 0 fully saturated rings. The highest BCUT2D eigenvalue weighted by atomic mass is 16.5. The van der Waals surface area contributed by atoms with Crippen molar-refractivity contribution in [1.29, 1.82) is 0 Å². The van der Waals surface area contributed by atoms with E-state index in [1.165, 1.54) is 0 Å². The number of ether oxygens (including phenoxy) is 1. The zero-order chi connectivity index (χ0) is 9.97. The molecule has 0 spiro atoms. The van der Waals surface area contributed by atoms with Crippen LogP contribution in [0.15, 0.2) is 18.2 Å². The van der Waals surface area contributed by atoms with E-state index in [1.807, 2.05) is 25.1 Å². The predicted molar refractivity (Wildman–Crippen MR) is 54.9 cm³/mol. The maximum Gasteiger partial charge on any atom is 0.163 e. The molecule has 0 bridgehead atoms. The molecule has 0 unspecified atom stereocenters. The minimum Gasteiger partial charge on any atom is -0.494 e. The Balaban J connectivity index is 2.34. The summed E-state index contributed by atoms with van der Waals surface area (Å²) < 4.78 is 5.40. The molecular weight excluding hydrogens is 176 g/mol. The molecular formula is C12H14O2. The van der Waals surface area contributed by atoms with Gasteiger partial charge in [-0.2, -0.15) is 0 Å². The summed E-state index contributed by atoms with van der Waals surface area (Å²) >= 11 is 0. The summed E-state index contributed by atoms with van der Waals surface area (Å²) in [5.74, 6) is 1.15. The molecule has 0 N–H and O–H groups in total. The summed E-state index contributed by atoms with van der Waals surface area (Å²) in [5.41, 5.74) is 2.03. The van der Waals surface area contributed by atoms with E-state index in [0.717, 1.165) is 29.7 Å². The second-order valence-electron chi connectivity index (χ2n) is 3.53. The number of Topliss-reactive ketones (excluding diaryl/α,β-unsaturated/α-hetero) is 1. The van der Waals surface area contributed by atoms with Gasteiger partial charge < -0.3 is 4.74 Å². The van der Waals surface area contributed by atoms with E-state index in [9.17, 15) is 4.79 Å². The Morgan fingerprint density at radius 2 is 2.21 bits per heavy atom. The van der Waals surface area contributed by atoms with Gasteiger partial charge in [0.1, 0.15) is 5.75 Å². The van der Waals surface area contributed by atoms with Crippen molar-refractivity contribution in [2.45, 2.75) is 26.2 Å². The zero-order valence-electron chi connectivity index (χ0n) is 8.38. The van der Waals surface area contributed by atoms with E-state index < -0.39 is 0 Å². The first kappa shape index (κ1) is 9.25. The Morgan fingerprint density at radius 1 is 1.36 bits per heavy atom. The number of aryl methyl sites for hydroxylation is 1. The van der Waals surface area contributed by atoms with Crippen LogP contribution in [0.2, 0.25) is 0 Å².